The van der Waals surface area contributed by atoms with Crippen LogP contribution in [0.25, 0.3) is 6.08 Å². The highest BCUT2D eigenvalue weighted by Gasteiger charge is 2.07. The van der Waals surface area contributed by atoms with Gasteiger partial charge in [0.1, 0.15) is 0 Å². The fourth-order valence-corrected chi connectivity index (χ4v) is 2.11. The Morgan fingerprint density at radius 2 is 2.00 bits per heavy atom. The maximum Gasteiger partial charge on any atom is 0.241 e. The SMILES string of the molecule is CS(=O)(=O)Cc1ccccc1C=CC(N)=O. The van der Waals surface area contributed by atoms with Crippen molar-refractivity contribution in [3.63, 3.8) is 0 Å². The summed E-state index contributed by atoms with van der Waals surface area (Å²) < 4.78 is 22.4. The van der Waals surface area contributed by atoms with Crippen LogP contribution in [0.4, 0.5) is 0 Å². The maximum atomic E-state index is 11.2. The highest BCUT2D eigenvalue weighted by molar-refractivity contribution is 7.89. The van der Waals surface area contributed by atoms with Crippen molar-refractivity contribution in [2.45, 2.75) is 5.75 Å². The quantitative estimate of drug-likeness (QED) is 0.787. The van der Waals surface area contributed by atoms with Crippen molar-refractivity contribution in [1.82, 2.24) is 0 Å². The average molecular weight is 239 g/mol. The molecule has 0 saturated heterocycles. The zero-order chi connectivity index (χ0) is 12.2. The standard InChI is InChI=1S/C11H13NO3S/c1-16(14,15)8-10-5-3-2-4-9(10)6-7-11(12)13/h2-7H,8H2,1H3,(H2,12,13). The first-order valence-corrected chi connectivity index (χ1v) is 6.68. The van der Waals surface area contributed by atoms with E-state index in [9.17, 15) is 13.2 Å². The van der Waals surface area contributed by atoms with Gasteiger partial charge in [0.25, 0.3) is 0 Å². The summed E-state index contributed by atoms with van der Waals surface area (Å²) in [6, 6.07) is 6.97. The van der Waals surface area contributed by atoms with Gasteiger partial charge in [0.2, 0.25) is 5.91 Å². The molecule has 0 unspecified atom stereocenters. The third-order valence-corrected chi connectivity index (χ3v) is 2.74. The molecular formula is C11H13NO3S. The predicted molar refractivity (Wildman–Crippen MR) is 63.2 cm³/mol. The molecule has 5 heteroatoms. The minimum atomic E-state index is -3.09. The van der Waals surface area contributed by atoms with E-state index >= 15 is 0 Å². The average Bonchev–Trinajstić information content (AvgIpc) is 2.14. The Bertz CT molecular complexity index is 518. The van der Waals surface area contributed by atoms with E-state index in [2.05, 4.69) is 0 Å². The van der Waals surface area contributed by atoms with E-state index in [0.717, 1.165) is 0 Å². The van der Waals surface area contributed by atoms with Crippen LogP contribution in [0.1, 0.15) is 11.1 Å². The number of rotatable bonds is 4. The van der Waals surface area contributed by atoms with Gasteiger partial charge in [0.15, 0.2) is 9.84 Å². The highest BCUT2D eigenvalue weighted by atomic mass is 32.2. The van der Waals surface area contributed by atoms with Crippen LogP contribution in [0.5, 0.6) is 0 Å². The molecule has 0 aliphatic heterocycles. The minimum Gasteiger partial charge on any atom is -0.366 e. The molecule has 0 radical (unpaired) electrons. The largest absolute Gasteiger partial charge is 0.366 e. The number of nitrogens with two attached hydrogens (primary N) is 1. The van der Waals surface area contributed by atoms with Crippen molar-refractivity contribution in [2.75, 3.05) is 6.26 Å². The van der Waals surface area contributed by atoms with E-state index in [4.69, 9.17) is 5.73 Å². The van der Waals surface area contributed by atoms with E-state index < -0.39 is 15.7 Å². The summed E-state index contributed by atoms with van der Waals surface area (Å²) in [6.45, 7) is 0. The normalized spacial score (nSPS) is 11.8. The maximum absolute atomic E-state index is 11.2. The minimum absolute atomic E-state index is 0.0493. The van der Waals surface area contributed by atoms with E-state index in [0.29, 0.717) is 11.1 Å². The lowest BCUT2D eigenvalue weighted by atomic mass is 10.1. The molecule has 0 aliphatic rings. The predicted octanol–water partition coefficient (Wildman–Crippen LogP) is 0.730. The van der Waals surface area contributed by atoms with Gasteiger partial charge in [-0.05, 0) is 17.2 Å². The van der Waals surface area contributed by atoms with Gasteiger partial charge < -0.3 is 5.73 Å². The first-order chi connectivity index (χ1) is 7.38. The Morgan fingerprint density at radius 3 is 2.56 bits per heavy atom. The van der Waals surface area contributed by atoms with Gasteiger partial charge in [0, 0.05) is 12.3 Å². The van der Waals surface area contributed by atoms with Crippen molar-refractivity contribution in [1.29, 1.82) is 0 Å². The molecule has 0 atom stereocenters. The summed E-state index contributed by atoms with van der Waals surface area (Å²) in [5, 5.41) is 0. The van der Waals surface area contributed by atoms with Gasteiger partial charge in [-0.3, -0.25) is 4.79 Å². The van der Waals surface area contributed by atoms with Crippen LogP contribution in [-0.2, 0) is 20.4 Å². The van der Waals surface area contributed by atoms with Crippen LogP contribution in [0.2, 0.25) is 0 Å². The first kappa shape index (κ1) is 12.4. The molecule has 2 N–H and O–H groups in total. The zero-order valence-electron chi connectivity index (χ0n) is 8.88. The molecular weight excluding hydrogens is 226 g/mol. The van der Waals surface area contributed by atoms with Gasteiger partial charge in [-0.15, -0.1) is 0 Å². The molecule has 0 bridgehead atoms. The Balaban J connectivity index is 3.05. The number of carbonyl (C=O) groups is 1. The number of primary amides is 1. The van der Waals surface area contributed by atoms with Crippen LogP contribution in [0, 0.1) is 0 Å². The Morgan fingerprint density at radius 1 is 1.38 bits per heavy atom. The lowest BCUT2D eigenvalue weighted by Gasteiger charge is -2.03. The Kier molecular flexibility index (Phi) is 3.84. The van der Waals surface area contributed by atoms with Crippen molar-refractivity contribution in [3.05, 3.63) is 41.5 Å². The molecule has 0 aliphatic carbocycles. The number of benzene rings is 1. The van der Waals surface area contributed by atoms with Crippen molar-refractivity contribution < 1.29 is 13.2 Å². The van der Waals surface area contributed by atoms with Crippen LogP contribution in [0.15, 0.2) is 30.3 Å². The van der Waals surface area contributed by atoms with Crippen LogP contribution in [0.3, 0.4) is 0 Å². The molecule has 4 nitrogen and oxygen atoms in total. The summed E-state index contributed by atoms with van der Waals surface area (Å²) >= 11 is 0. The Hall–Kier alpha value is -1.62. The van der Waals surface area contributed by atoms with Crippen LogP contribution < -0.4 is 5.73 Å². The van der Waals surface area contributed by atoms with Crippen molar-refractivity contribution in [3.8, 4) is 0 Å². The molecule has 1 rings (SSSR count). The fraction of sp³-hybridized carbons (Fsp3) is 0.182. The number of hydrogen-bond acceptors (Lipinski definition) is 3. The van der Waals surface area contributed by atoms with Crippen molar-refractivity contribution in [2.24, 2.45) is 5.73 Å². The third kappa shape index (κ3) is 4.27. The van der Waals surface area contributed by atoms with Crippen LogP contribution in [-0.4, -0.2) is 20.6 Å². The van der Waals surface area contributed by atoms with Gasteiger partial charge in [-0.25, -0.2) is 8.42 Å². The lowest BCUT2D eigenvalue weighted by Crippen LogP contribution is -2.06. The molecule has 86 valence electrons. The molecule has 0 heterocycles. The zero-order valence-corrected chi connectivity index (χ0v) is 9.70. The summed E-state index contributed by atoms with van der Waals surface area (Å²) in [5.41, 5.74) is 6.32. The monoisotopic (exact) mass is 239 g/mol. The second-order valence-electron chi connectivity index (χ2n) is 3.50. The molecule has 0 saturated carbocycles. The molecule has 1 amide bonds. The number of sulfone groups is 1. The number of amides is 1. The molecule has 0 spiro atoms. The summed E-state index contributed by atoms with van der Waals surface area (Å²) in [7, 11) is -3.09. The Labute approximate surface area is 94.7 Å². The molecule has 0 fully saturated rings. The summed E-state index contributed by atoms with van der Waals surface area (Å²) in [5.74, 6) is -0.610. The van der Waals surface area contributed by atoms with E-state index in [1.54, 1.807) is 24.3 Å². The molecule has 1 aromatic rings. The summed E-state index contributed by atoms with van der Waals surface area (Å²) in [4.78, 5) is 10.6. The fourth-order valence-electron chi connectivity index (χ4n) is 1.28. The topological polar surface area (TPSA) is 77.2 Å². The number of carbonyl (C=O) groups excluding carboxylic acids is 1. The molecule has 1 aromatic carbocycles. The lowest BCUT2D eigenvalue weighted by molar-refractivity contribution is -0.113. The van der Waals surface area contributed by atoms with Crippen molar-refractivity contribution >= 4 is 21.8 Å². The van der Waals surface area contributed by atoms with Gasteiger partial charge in [0.05, 0.1) is 5.75 Å². The second kappa shape index (κ2) is 4.94. The molecule has 16 heavy (non-hydrogen) atoms. The highest BCUT2D eigenvalue weighted by Crippen LogP contribution is 2.13. The van der Waals surface area contributed by atoms with Gasteiger partial charge >= 0.3 is 0 Å². The number of hydrogen-bond donors (Lipinski definition) is 1. The van der Waals surface area contributed by atoms with E-state index in [-0.39, 0.29) is 5.75 Å². The van der Waals surface area contributed by atoms with E-state index in [1.165, 1.54) is 18.4 Å². The van der Waals surface area contributed by atoms with E-state index in [1.807, 2.05) is 0 Å². The summed E-state index contributed by atoms with van der Waals surface area (Å²) in [6.07, 6.45) is 3.89. The van der Waals surface area contributed by atoms with Crippen LogP contribution >= 0.6 is 0 Å². The smallest absolute Gasteiger partial charge is 0.241 e. The second-order valence-corrected chi connectivity index (χ2v) is 5.64. The third-order valence-electron chi connectivity index (χ3n) is 1.90. The van der Waals surface area contributed by atoms with Gasteiger partial charge in [-0.2, -0.15) is 0 Å². The van der Waals surface area contributed by atoms with Gasteiger partial charge in [-0.1, -0.05) is 24.3 Å². The first-order valence-electron chi connectivity index (χ1n) is 4.61. The molecule has 0 aromatic heterocycles.